The Balaban J connectivity index is 1.52. The lowest BCUT2D eigenvalue weighted by atomic mass is 9.79. The van der Waals surface area contributed by atoms with Crippen LogP contribution in [0.5, 0.6) is 5.75 Å². The highest BCUT2D eigenvalue weighted by Gasteiger charge is 2.25. The van der Waals surface area contributed by atoms with Crippen molar-refractivity contribution in [2.75, 3.05) is 0 Å². The third-order valence-corrected chi connectivity index (χ3v) is 8.91. The smallest absolute Gasteiger partial charge is 0.147 e. The molecule has 48 heavy (non-hydrogen) atoms. The molecule has 0 amide bonds. The fourth-order valence-electron chi connectivity index (χ4n) is 6.32. The van der Waals surface area contributed by atoms with Crippen LogP contribution in [0, 0.1) is 5.92 Å². The van der Waals surface area contributed by atoms with Gasteiger partial charge in [0.1, 0.15) is 11.6 Å². The molecular weight excluding hydrogens is 587 g/mol. The molecule has 6 rings (SSSR count). The zero-order valence-electron chi connectivity index (χ0n) is 29.5. The van der Waals surface area contributed by atoms with Crippen molar-refractivity contribution in [3.63, 3.8) is 0 Å². The monoisotopic (exact) mass is 633 g/mol. The van der Waals surface area contributed by atoms with Crippen LogP contribution in [-0.2, 0) is 17.3 Å². The number of benzene rings is 5. The van der Waals surface area contributed by atoms with E-state index in [2.05, 4.69) is 145 Å². The topological polar surface area (TPSA) is 50.4 Å². The quantitative estimate of drug-likeness (QED) is 0.178. The molecule has 0 aliphatic carbocycles. The van der Waals surface area contributed by atoms with Gasteiger partial charge in [-0.05, 0) is 76.3 Å². The lowest BCUT2D eigenvalue weighted by Crippen LogP contribution is -2.17. The van der Waals surface area contributed by atoms with E-state index in [0.717, 1.165) is 62.5 Å². The van der Waals surface area contributed by atoms with E-state index in [4.69, 9.17) is 9.98 Å². The first kappa shape index (κ1) is 33.0. The Labute approximate surface area is 285 Å². The number of para-hydroxylation sites is 3. The van der Waals surface area contributed by atoms with Crippen LogP contribution in [0.25, 0.3) is 39.2 Å². The highest BCUT2D eigenvalue weighted by Crippen LogP contribution is 2.40. The summed E-state index contributed by atoms with van der Waals surface area (Å²) in [5, 5.41) is 11.5. The Morgan fingerprint density at radius 2 is 1.42 bits per heavy atom. The maximum atomic E-state index is 11.5. The Morgan fingerprint density at radius 3 is 2.08 bits per heavy atom. The third kappa shape index (κ3) is 6.71. The number of phenolic OH excluding ortho intramolecular Hbond substituents is 1. The molecule has 1 N–H and O–H groups in total. The lowest BCUT2D eigenvalue weighted by molar-refractivity contribution is 0.444. The van der Waals surface area contributed by atoms with Gasteiger partial charge in [0, 0.05) is 34.2 Å². The van der Waals surface area contributed by atoms with Crippen LogP contribution in [0.2, 0.25) is 0 Å². The second kappa shape index (κ2) is 12.9. The Bertz CT molecular complexity index is 2090. The maximum absolute atomic E-state index is 11.5. The number of fused-ring (bicyclic) bond motifs is 1. The van der Waals surface area contributed by atoms with Gasteiger partial charge < -0.3 is 5.11 Å². The molecule has 0 atom stereocenters. The molecule has 6 aromatic rings. The first-order chi connectivity index (χ1) is 22.8. The van der Waals surface area contributed by atoms with Crippen molar-refractivity contribution < 1.29 is 5.11 Å². The number of rotatable bonds is 7. The molecule has 0 aliphatic heterocycles. The van der Waals surface area contributed by atoms with Crippen LogP contribution < -0.4 is 0 Å². The summed E-state index contributed by atoms with van der Waals surface area (Å²) >= 11 is 0. The molecule has 0 bridgehead atoms. The second-order valence-corrected chi connectivity index (χ2v) is 15.3. The summed E-state index contributed by atoms with van der Waals surface area (Å²) in [4.78, 5) is 10.4. The van der Waals surface area contributed by atoms with Crippen molar-refractivity contribution in [2.45, 2.75) is 72.6 Å². The Morgan fingerprint density at radius 1 is 0.750 bits per heavy atom. The van der Waals surface area contributed by atoms with Gasteiger partial charge in [0.05, 0.1) is 16.7 Å². The minimum atomic E-state index is -0.223. The molecule has 0 spiro atoms. The fraction of sp³-hybridized carbons (Fsp3) is 0.273. The number of phenols is 1. The van der Waals surface area contributed by atoms with Crippen molar-refractivity contribution in [3.8, 4) is 34.0 Å². The molecule has 4 nitrogen and oxygen atoms in total. The van der Waals surface area contributed by atoms with E-state index >= 15 is 0 Å². The predicted molar refractivity (Wildman–Crippen MR) is 203 cm³/mol. The summed E-state index contributed by atoms with van der Waals surface area (Å²) in [7, 11) is 0. The van der Waals surface area contributed by atoms with E-state index in [1.807, 2.05) is 24.3 Å². The summed E-state index contributed by atoms with van der Waals surface area (Å²) in [6.45, 7) is 17.5. The number of hydrogen-bond donors (Lipinski definition) is 1. The Kier molecular flexibility index (Phi) is 8.87. The second-order valence-electron chi connectivity index (χ2n) is 15.3. The number of nitrogens with zero attached hydrogens (tertiary/aromatic N) is 3. The molecule has 5 aromatic carbocycles. The number of hydrogen-bond acceptors (Lipinski definition) is 3. The number of aromatic hydroxyl groups is 1. The van der Waals surface area contributed by atoms with Gasteiger partial charge in [0.15, 0.2) is 0 Å². The van der Waals surface area contributed by atoms with Crippen LogP contribution in [0.15, 0.2) is 114 Å². The van der Waals surface area contributed by atoms with Gasteiger partial charge in [-0.1, -0.05) is 128 Å². The summed E-state index contributed by atoms with van der Waals surface area (Å²) in [5.74, 6) is 1.70. The average molecular weight is 634 g/mol. The highest BCUT2D eigenvalue weighted by atomic mass is 16.3. The SMILES string of the molecule is CC(C)Cc1ccc(-c2cccc3c2nc(-c2ccccc2N=Cc2cc(C(C)(C)C)cc(C(C)(C)C)c2O)n3-c2ccccc2)cc1. The Hall–Kier alpha value is -4.96. The zero-order chi connectivity index (χ0) is 34.2. The maximum Gasteiger partial charge on any atom is 0.147 e. The number of aliphatic imine (C=N–C) groups is 1. The van der Waals surface area contributed by atoms with Crippen molar-refractivity contribution in [1.82, 2.24) is 9.55 Å². The summed E-state index contributed by atoms with van der Waals surface area (Å²) in [6, 6.07) is 38.1. The van der Waals surface area contributed by atoms with Crippen molar-refractivity contribution >= 4 is 22.9 Å². The van der Waals surface area contributed by atoms with Crippen molar-refractivity contribution in [2.24, 2.45) is 10.9 Å². The lowest BCUT2D eigenvalue weighted by Gasteiger charge is -2.27. The minimum Gasteiger partial charge on any atom is -0.507 e. The highest BCUT2D eigenvalue weighted by molar-refractivity contribution is 5.97. The molecule has 1 aromatic heterocycles. The number of imidazole rings is 1. The van der Waals surface area contributed by atoms with Crippen LogP contribution in [-0.4, -0.2) is 20.9 Å². The summed E-state index contributed by atoms with van der Waals surface area (Å²) in [5.41, 5.74) is 10.8. The summed E-state index contributed by atoms with van der Waals surface area (Å²) in [6.07, 6.45) is 2.86. The van der Waals surface area contributed by atoms with Gasteiger partial charge in [-0.3, -0.25) is 9.56 Å². The normalized spacial score (nSPS) is 12.4. The van der Waals surface area contributed by atoms with Crippen molar-refractivity contribution in [3.05, 3.63) is 131 Å². The van der Waals surface area contributed by atoms with Crippen LogP contribution >= 0.6 is 0 Å². The molecule has 0 fully saturated rings. The third-order valence-electron chi connectivity index (χ3n) is 8.91. The zero-order valence-corrected chi connectivity index (χ0v) is 29.5. The molecule has 0 saturated heterocycles. The molecular formula is C44H47N3O. The minimum absolute atomic E-state index is 0.0822. The van der Waals surface area contributed by atoms with E-state index in [0.29, 0.717) is 11.5 Å². The first-order valence-corrected chi connectivity index (χ1v) is 17.0. The van der Waals surface area contributed by atoms with Gasteiger partial charge in [0.25, 0.3) is 0 Å². The van der Waals surface area contributed by atoms with Crippen LogP contribution in [0.4, 0.5) is 5.69 Å². The van der Waals surface area contributed by atoms with E-state index in [1.165, 1.54) is 5.56 Å². The van der Waals surface area contributed by atoms with E-state index < -0.39 is 0 Å². The average Bonchev–Trinajstić information content (AvgIpc) is 3.43. The largest absolute Gasteiger partial charge is 0.507 e. The fourth-order valence-corrected chi connectivity index (χ4v) is 6.32. The molecule has 0 saturated carbocycles. The first-order valence-electron chi connectivity index (χ1n) is 17.0. The van der Waals surface area contributed by atoms with Gasteiger partial charge >= 0.3 is 0 Å². The summed E-state index contributed by atoms with van der Waals surface area (Å²) < 4.78 is 2.23. The molecule has 0 unspecified atom stereocenters. The van der Waals surface area contributed by atoms with Gasteiger partial charge in [0.2, 0.25) is 0 Å². The molecule has 0 aliphatic rings. The van der Waals surface area contributed by atoms with E-state index in [1.54, 1.807) is 6.21 Å². The van der Waals surface area contributed by atoms with E-state index in [9.17, 15) is 5.11 Å². The van der Waals surface area contributed by atoms with Gasteiger partial charge in [-0.2, -0.15) is 0 Å². The molecule has 0 radical (unpaired) electrons. The molecule has 4 heteroatoms. The van der Waals surface area contributed by atoms with Crippen molar-refractivity contribution in [1.29, 1.82) is 0 Å². The molecule has 1 heterocycles. The van der Waals surface area contributed by atoms with Gasteiger partial charge in [-0.25, -0.2) is 4.98 Å². The predicted octanol–water partition coefficient (Wildman–Crippen LogP) is 11.6. The van der Waals surface area contributed by atoms with Gasteiger partial charge in [-0.15, -0.1) is 0 Å². The van der Waals surface area contributed by atoms with Crippen LogP contribution in [0.1, 0.15) is 77.6 Å². The van der Waals surface area contributed by atoms with Crippen LogP contribution in [0.3, 0.4) is 0 Å². The van der Waals surface area contributed by atoms with E-state index in [-0.39, 0.29) is 16.6 Å². The standard InChI is InChI=1S/C44H47N3O/c1-29(2)25-30-21-23-31(24-22-30)35-18-14-20-39-40(35)46-42(47(39)34-15-10-9-11-16-34)36-17-12-13-19-38(36)45-28-32-26-33(43(3,4)5)27-37(41(32)48)44(6,7)8/h9-24,26-29,48H,25H2,1-8H3. The molecule has 244 valence electrons. The number of aromatic nitrogens is 2.